The van der Waals surface area contributed by atoms with Gasteiger partial charge in [-0.25, -0.2) is 4.79 Å². The van der Waals surface area contributed by atoms with Crippen molar-refractivity contribution < 1.29 is 14.0 Å². The number of urea groups is 1. The van der Waals surface area contributed by atoms with Crippen molar-refractivity contribution in [3.8, 4) is 0 Å². The van der Waals surface area contributed by atoms with Crippen molar-refractivity contribution in [3.63, 3.8) is 0 Å². The largest absolute Gasteiger partial charge is 0.468 e. The van der Waals surface area contributed by atoms with E-state index in [1.54, 1.807) is 23.7 Å². The zero-order chi connectivity index (χ0) is 15.2. The summed E-state index contributed by atoms with van der Waals surface area (Å²) in [6, 6.07) is 6.87. The predicted octanol–water partition coefficient (Wildman–Crippen LogP) is 1.85. The molecule has 21 heavy (non-hydrogen) atoms. The van der Waals surface area contributed by atoms with Crippen LogP contribution in [0.25, 0.3) is 0 Å². The number of hydrogen-bond donors (Lipinski definition) is 2. The van der Waals surface area contributed by atoms with Gasteiger partial charge in [-0.15, -0.1) is 11.3 Å². The van der Waals surface area contributed by atoms with Crippen LogP contribution in [-0.2, 0) is 17.9 Å². The minimum atomic E-state index is -0.843. The minimum absolute atomic E-state index is 0.0700. The maximum Gasteiger partial charge on any atom is 0.318 e. The van der Waals surface area contributed by atoms with E-state index in [0.29, 0.717) is 13.1 Å². The minimum Gasteiger partial charge on any atom is -0.468 e. The smallest absolute Gasteiger partial charge is 0.318 e. The van der Waals surface area contributed by atoms with E-state index in [2.05, 4.69) is 5.32 Å². The zero-order valence-corrected chi connectivity index (χ0v) is 12.5. The molecule has 0 saturated heterocycles. The average Bonchev–Trinajstić information content (AvgIpc) is 3.00. The Kier molecular flexibility index (Phi) is 5.13. The molecule has 0 saturated carbocycles. The molecular formula is C14H17N3O3S. The molecule has 0 aromatic carbocycles. The molecule has 7 heteroatoms. The standard InChI is InChI=1S/C14H17N3O3S/c1-10-4-5-12(21-10)8-17(7-11-3-2-6-20-11)9-13(18)16-14(15)19/h2-6H,7-9H2,1H3,(H3,15,16,18,19). The number of carbonyl (C=O) groups is 2. The van der Waals surface area contributed by atoms with Gasteiger partial charge in [-0.2, -0.15) is 0 Å². The summed E-state index contributed by atoms with van der Waals surface area (Å²) in [7, 11) is 0. The van der Waals surface area contributed by atoms with Crippen molar-refractivity contribution in [1.82, 2.24) is 10.2 Å². The van der Waals surface area contributed by atoms with E-state index in [1.807, 2.05) is 30.0 Å². The van der Waals surface area contributed by atoms with Crippen molar-refractivity contribution in [3.05, 3.63) is 46.0 Å². The summed E-state index contributed by atoms with van der Waals surface area (Å²) in [6.45, 7) is 3.19. The van der Waals surface area contributed by atoms with Gasteiger partial charge in [0.25, 0.3) is 0 Å². The van der Waals surface area contributed by atoms with Gasteiger partial charge in [-0.05, 0) is 31.2 Å². The summed E-state index contributed by atoms with van der Waals surface area (Å²) < 4.78 is 5.31. The van der Waals surface area contributed by atoms with Gasteiger partial charge in [0.2, 0.25) is 5.91 Å². The van der Waals surface area contributed by atoms with Crippen LogP contribution in [0.2, 0.25) is 0 Å². The van der Waals surface area contributed by atoms with E-state index in [1.165, 1.54) is 4.88 Å². The van der Waals surface area contributed by atoms with Gasteiger partial charge >= 0.3 is 6.03 Å². The lowest BCUT2D eigenvalue weighted by molar-refractivity contribution is -0.121. The van der Waals surface area contributed by atoms with Crippen LogP contribution in [0.4, 0.5) is 4.79 Å². The number of hydrogen-bond acceptors (Lipinski definition) is 5. The fourth-order valence-electron chi connectivity index (χ4n) is 1.96. The Bertz CT molecular complexity index is 607. The van der Waals surface area contributed by atoms with Crippen LogP contribution in [0, 0.1) is 6.92 Å². The molecule has 0 radical (unpaired) electrons. The molecule has 2 aromatic heterocycles. The van der Waals surface area contributed by atoms with Crippen LogP contribution in [0.15, 0.2) is 34.9 Å². The lowest BCUT2D eigenvalue weighted by atomic mass is 10.3. The second kappa shape index (κ2) is 7.05. The van der Waals surface area contributed by atoms with Crippen molar-refractivity contribution in [1.29, 1.82) is 0 Å². The molecule has 0 aliphatic heterocycles. The van der Waals surface area contributed by atoms with Crippen molar-refractivity contribution in [2.75, 3.05) is 6.54 Å². The molecule has 6 nitrogen and oxygen atoms in total. The highest BCUT2D eigenvalue weighted by Crippen LogP contribution is 2.18. The quantitative estimate of drug-likeness (QED) is 0.852. The maximum absolute atomic E-state index is 11.7. The van der Waals surface area contributed by atoms with Gasteiger partial charge in [0.1, 0.15) is 5.76 Å². The number of nitrogens with two attached hydrogens (primary N) is 1. The SMILES string of the molecule is Cc1ccc(CN(CC(=O)NC(N)=O)Cc2ccco2)s1. The summed E-state index contributed by atoms with van der Waals surface area (Å²) in [5, 5.41) is 2.07. The molecule has 112 valence electrons. The topological polar surface area (TPSA) is 88.6 Å². The maximum atomic E-state index is 11.7. The Morgan fingerprint density at radius 1 is 1.33 bits per heavy atom. The zero-order valence-electron chi connectivity index (χ0n) is 11.7. The van der Waals surface area contributed by atoms with E-state index in [0.717, 1.165) is 10.6 Å². The molecule has 0 bridgehead atoms. The third kappa shape index (κ3) is 5.05. The van der Waals surface area contributed by atoms with Crippen LogP contribution in [0.1, 0.15) is 15.5 Å². The van der Waals surface area contributed by atoms with Crippen LogP contribution in [-0.4, -0.2) is 23.4 Å². The number of nitrogens with zero attached hydrogens (tertiary/aromatic N) is 1. The van der Waals surface area contributed by atoms with Crippen LogP contribution in [0.5, 0.6) is 0 Å². The first-order valence-electron chi connectivity index (χ1n) is 6.42. The first-order valence-corrected chi connectivity index (χ1v) is 7.24. The fraction of sp³-hybridized carbons (Fsp3) is 0.286. The number of aryl methyl sites for hydroxylation is 1. The highest BCUT2D eigenvalue weighted by Gasteiger charge is 2.15. The Hall–Kier alpha value is -2.12. The van der Waals surface area contributed by atoms with E-state index in [-0.39, 0.29) is 6.54 Å². The summed E-state index contributed by atoms with van der Waals surface area (Å²) in [5.41, 5.74) is 4.96. The van der Waals surface area contributed by atoms with Gasteiger partial charge in [-0.3, -0.25) is 15.0 Å². The Balaban J connectivity index is 2.02. The van der Waals surface area contributed by atoms with E-state index >= 15 is 0 Å². The number of rotatable bonds is 6. The molecule has 0 unspecified atom stereocenters. The molecule has 0 atom stereocenters. The van der Waals surface area contributed by atoms with Crippen LogP contribution >= 0.6 is 11.3 Å². The highest BCUT2D eigenvalue weighted by atomic mass is 32.1. The van der Waals surface area contributed by atoms with Gasteiger partial charge in [0.05, 0.1) is 19.4 Å². The summed E-state index contributed by atoms with van der Waals surface area (Å²) in [6.07, 6.45) is 1.59. The molecule has 0 fully saturated rings. The third-order valence-corrected chi connectivity index (χ3v) is 3.75. The monoisotopic (exact) mass is 307 g/mol. The summed E-state index contributed by atoms with van der Waals surface area (Å²) >= 11 is 1.67. The van der Waals surface area contributed by atoms with Gasteiger partial charge in [0.15, 0.2) is 0 Å². The molecular weight excluding hydrogens is 290 g/mol. The second-order valence-corrected chi connectivity index (χ2v) is 6.02. The number of amides is 3. The first kappa shape index (κ1) is 15.3. The Morgan fingerprint density at radius 2 is 2.14 bits per heavy atom. The molecule has 2 rings (SSSR count). The second-order valence-electron chi connectivity index (χ2n) is 4.65. The first-order chi connectivity index (χ1) is 10.0. The van der Waals surface area contributed by atoms with Crippen molar-refractivity contribution >= 4 is 23.3 Å². The van der Waals surface area contributed by atoms with Crippen LogP contribution < -0.4 is 11.1 Å². The molecule has 3 amide bonds. The molecule has 0 aliphatic carbocycles. The highest BCUT2D eigenvalue weighted by molar-refractivity contribution is 7.11. The van der Waals surface area contributed by atoms with Crippen molar-refractivity contribution in [2.45, 2.75) is 20.0 Å². The molecule has 0 aliphatic rings. The third-order valence-electron chi connectivity index (χ3n) is 2.76. The Morgan fingerprint density at radius 3 is 2.71 bits per heavy atom. The number of primary amides is 1. The van der Waals surface area contributed by atoms with Gasteiger partial charge in [0, 0.05) is 16.3 Å². The summed E-state index contributed by atoms with van der Waals surface area (Å²) in [4.78, 5) is 26.7. The lowest BCUT2D eigenvalue weighted by Gasteiger charge is -2.19. The van der Waals surface area contributed by atoms with Crippen molar-refractivity contribution in [2.24, 2.45) is 5.73 Å². The lowest BCUT2D eigenvalue weighted by Crippen LogP contribution is -2.41. The van der Waals surface area contributed by atoms with E-state index in [4.69, 9.17) is 10.2 Å². The average molecular weight is 307 g/mol. The van der Waals surface area contributed by atoms with Crippen LogP contribution in [0.3, 0.4) is 0 Å². The fourth-order valence-corrected chi connectivity index (χ4v) is 2.89. The number of imide groups is 1. The van der Waals surface area contributed by atoms with E-state index < -0.39 is 11.9 Å². The summed E-state index contributed by atoms with van der Waals surface area (Å²) in [5.74, 6) is 0.331. The van der Waals surface area contributed by atoms with Gasteiger partial charge < -0.3 is 10.2 Å². The molecule has 2 heterocycles. The predicted molar refractivity (Wildman–Crippen MR) is 79.6 cm³/mol. The van der Waals surface area contributed by atoms with Gasteiger partial charge in [-0.1, -0.05) is 0 Å². The normalized spacial score (nSPS) is 10.8. The number of nitrogens with one attached hydrogen (secondary N) is 1. The molecule has 0 spiro atoms. The number of carbonyl (C=O) groups excluding carboxylic acids is 2. The molecule has 2 aromatic rings. The van der Waals surface area contributed by atoms with E-state index in [9.17, 15) is 9.59 Å². The molecule has 3 N–H and O–H groups in total. The Labute approximate surface area is 126 Å². The number of furan rings is 1. The number of thiophene rings is 1.